The van der Waals surface area contributed by atoms with Gasteiger partial charge in [-0.2, -0.15) is 0 Å². The molecule has 4 rings (SSSR count). The van der Waals surface area contributed by atoms with Crippen molar-refractivity contribution in [2.75, 3.05) is 26.3 Å². The maximum Gasteiger partial charge on any atom is 0.138 e. The highest BCUT2D eigenvalue weighted by Crippen LogP contribution is 2.25. The van der Waals surface area contributed by atoms with Crippen molar-refractivity contribution in [2.45, 2.75) is 6.54 Å². The number of halogens is 1. The second kappa shape index (κ2) is 6.10. The van der Waals surface area contributed by atoms with E-state index in [0.717, 1.165) is 35.5 Å². The van der Waals surface area contributed by atoms with Crippen LogP contribution in [0.3, 0.4) is 0 Å². The molecule has 118 valence electrons. The number of morpholine rings is 1. The van der Waals surface area contributed by atoms with E-state index in [0.29, 0.717) is 25.3 Å². The fourth-order valence-corrected chi connectivity index (χ4v) is 2.97. The highest BCUT2D eigenvalue weighted by atomic mass is 19.1. The van der Waals surface area contributed by atoms with Gasteiger partial charge in [0.25, 0.3) is 0 Å². The summed E-state index contributed by atoms with van der Waals surface area (Å²) in [6.07, 6.45) is 0. The molecule has 2 aromatic carbocycles. The van der Waals surface area contributed by atoms with Gasteiger partial charge in [-0.1, -0.05) is 30.3 Å². The number of imidazole rings is 1. The van der Waals surface area contributed by atoms with Crippen LogP contribution in [0.5, 0.6) is 0 Å². The van der Waals surface area contributed by atoms with Gasteiger partial charge in [0, 0.05) is 30.8 Å². The molecule has 4 nitrogen and oxygen atoms in total. The van der Waals surface area contributed by atoms with Crippen molar-refractivity contribution < 1.29 is 9.13 Å². The van der Waals surface area contributed by atoms with Crippen LogP contribution in [0.2, 0.25) is 0 Å². The molecule has 1 aromatic heterocycles. The number of ether oxygens (including phenoxy) is 1. The van der Waals surface area contributed by atoms with E-state index in [1.165, 1.54) is 6.07 Å². The minimum Gasteiger partial charge on any atom is -0.379 e. The van der Waals surface area contributed by atoms with Gasteiger partial charge in [-0.15, -0.1) is 0 Å². The number of H-pyrrole nitrogens is 1. The first-order chi connectivity index (χ1) is 11.3. The minimum absolute atomic E-state index is 0.199. The Morgan fingerprint density at radius 1 is 1.09 bits per heavy atom. The molecular formula is C18H18FN3O. The number of nitrogens with one attached hydrogen (secondary N) is 1. The summed E-state index contributed by atoms with van der Waals surface area (Å²) in [5.41, 5.74) is 3.24. The van der Waals surface area contributed by atoms with Crippen molar-refractivity contribution in [2.24, 2.45) is 0 Å². The SMILES string of the molecule is Fc1ccc2[nH]c(-c3ccccc3)nc2c1CN1CCOCC1. The van der Waals surface area contributed by atoms with Crippen LogP contribution in [0.25, 0.3) is 22.4 Å². The molecule has 1 aliphatic heterocycles. The van der Waals surface area contributed by atoms with Crippen LogP contribution in [0, 0.1) is 5.82 Å². The first-order valence-corrected chi connectivity index (χ1v) is 7.84. The third-order valence-corrected chi connectivity index (χ3v) is 4.23. The number of aromatic nitrogens is 2. The van der Waals surface area contributed by atoms with Gasteiger partial charge in [0.2, 0.25) is 0 Å². The largest absolute Gasteiger partial charge is 0.379 e. The molecule has 1 N–H and O–H groups in total. The summed E-state index contributed by atoms with van der Waals surface area (Å²) in [6.45, 7) is 3.62. The van der Waals surface area contributed by atoms with Crippen molar-refractivity contribution in [3.05, 3.63) is 53.8 Å². The van der Waals surface area contributed by atoms with Crippen LogP contribution in [-0.2, 0) is 11.3 Å². The highest BCUT2D eigenvalue weighted by molar-refractivity contribution is 5.82. The Morgan fingerprint density at radius 3 is 2.65 bits per heavy atom. The zero-order chi connectivity index (χ0) is 15.6. The molecule has 0 aliphatic carbocycles. The summed E-state index contributed by atoms with van der Waals surface area (Å²) >= 11 is 0. The molecule has 5 heteroatoms. The van der Waals surface area contributed by atoms with Gasteiger partial charge in [-0.25, -0.2) is 9.37 Å². The molecule has 1 fully saturated rings. The lowest BCUT2D eigenvalue weighted by molar-refractivity contribution is 0.0339. The second-order valence-corrected chi connectivity index (χ2v) is 5.76. The molecular weight excluding hydrogens is 293 g/mol. The van der Waals surface area contributed by atoms with Gasteiger partial charge >= 0.3 is 0 Å². The first kappa shape index (κ1) is 14.4. The van der Waals surface area contributed by atoms with Crippen LogP contribution in [0.4, 0.5) is 4.39 Å². The van der Waals surface area contributed by atoms with Gasteiger partial charge in [0.05, 0.1) is 24.2 Å². The molecule has 2 heterocycles. The summed E-state index contributed by atoms with van der Waals surface area (Å²) in [4.78, 5) is 10.2. The van der Waals surface area contributed by atoms with Gasteiger partial charge in [-0.05, 0) is 12.1 Å². The van der Waals surface area contributed by atoms with Gasteiger partial charge in [0.15, 0.2) is 0 Å². The highest BCUT2D eigenvalue weighted by Gasteiger charge is 2.17. The molecule has 3 aromatic rings. The third-order valence-electron chi connectivity index (χ3n) is 4.23. The Bertz CT molecular complexity index is 810. The number of aromatic amines is 1. The Kier molecular flexibility index (Phi) is 3.81. The topological polar surface area (TPSA) is 41.2 Å². The van der Waals surface area contributed by atoms with Crippen LogP contribution in [-0.4, -0.2) is 41.2 Å². The summed E-state index contributed by atoms with van der Waals surface area (Å²) in [7, 11) is 0. The average molecular weight is 311 g/mol. The molecule has 0 unspecified atom stereocenters. The van der Waals surface area contributed by atoms with Crippen molar-refractivity contribution in [1.82, 2.24) is 14.9 Å². The molecule has 0 radical (unpaired) electrons. The monoisotopic (exact) mass is 311 g/mol. The Labute approximate surface area is 133 Å². The minimum atomic E-state index is -0.199. The number of hydrogen-bond donors (Lipinski definition) is 1. The lowest BCUT2D eigenvalue weighted by atomic mass is 10.1. The summed E-state index contributed by atoms with van der Waals surface area (Å²) in [5.74, 6) is 0.574. The predicted molar refractivity (Wildman–Crippen MR) is 87.6 cm³/mol. The molecule has 1 aliphatic rings. The lowest BCUT2D eigenvalue weighted by Gasteiger charge is -2.26. The molecule has 1 saturated heterocycles. The lowest BCUT2D eigenvalue weighted by Crippen LogP contribution is -2.35. The van der Waals surface area contributed by atoms with E-state index in [-0.39, 0.29) is 5.82 Å². The average Bonchev–Trinajstić information content (AvgIpc) is 3.04. The van der Waals surface area contributed by atoms with Crippen LogP contribution in [0.15, 0.2) is 42.5 Å². The van der Waals surface area contributed by atoms with Gasteiger partial charge in [0.1, 0.15) is 11.6 Å². The molecule has 0 atom stereocenters. The fraction of sp³-hybridized carbons (Fsp3) is 0.278. The van der Waals surface area contributed by atoms with Crippen molar-refractivity contribution in [3.63, 3.8) is 0 Å². The maximum atomic E-state index is 14.4. The predicted octanol–water partition coefficient (Wildman–Crippen LogP) is 3.20. The number of benzene rings is 2. The maximum absolute atomic E-state index is 14.4. The van der Waals surface area contributed by atoms with Crippen LogP contribution in [0.1, 0.15) is 5.56 Å². The fourth-order valence-electron chi connectivity index (χ4n) is 2.97. The van der Waals surface area contributed by atoms with E-state index in [9.17, 15) is 4.39 Å². The first-order valence-electron chi connectivity index (χ1n) is 7.84. The Balaban J connectivity index is 1.74. The number of nitrogens with zero attached hydrogens (tertiary/aromatic N) is 2. The van der Waals surface area contributed by atoms with E-state index in [1.54, 1.807) is 6.07 Å². The summed E-state index contributed by atoms with van der Waals surface area (Å²) in [5, 5.41) is 0. The van der Waals surface area contributed by atoms with E-state index in [2.05, 4.69) is 14.9 Å². The number of rotatable bonds is 3. The zero-order valence-electron chi connectivity index (χ0n) is 12.8. The van der Waals surface area contributed by atoms with Crippen LogP contribution < -0.4 is 0 Å². The summed E-state index contributed by atoms with van der Waals surface area (Å²) in [6, 6.07) is 13.2. The van der Waals surface area contributed by atoms with Gasteiger partial charge < -0.3 is 9.72 Å². The van der Waals surface area contributed by atoms with Crippen LogP contribution >= 0.6 is 0 Å². The summed E-state index contributed by atoms with van der Waals surface area (Å²) < 4.78 is 19.7. The van der Waals surface area contributed by atoms with Crippen molar-refractivity contribution in [1.29, 1.82) is 0 Å². The van der Waals surface area contributed by atoms with E-state index < -0.39 is 0 Å². The normalized spacial score (nSPS) is 16.0. The molecule has 0 amide bonds. The Hall–Kier alpha value is -2.24. The molecule has 0 spiro atoms. The van der Waals surface area contributed by atoms with E-state index >= 15 is 0 Å². The molecule has 23 heavy (non-hydrogen) atoms. The molecule has 0 saturated carbocycles. The standard InChI is InChI=1S/C18H18FN3O/c19-15-6-7-16-17(14(15)12-22-8-10-23-11-9-22)21-18(20-16)13-4-2-1-3-5-13/h1-7H,8-12H2,(H,20,21). The smallest absolute Gasteiger partial charge is 0.138 e. The number of hydrogen-bond acceptors (Lipinski definition) is 3. The molecule has 0 bridgehead atoms. The van der Waals surface area contributed by atoms with Crippen molar-refractivity contribution >= 4 is 11.0 Å². The van der Waals surface area contributed by atoms with E-state index in [1.807, 2.05) is 30.3 Å². The third kappa shape index (κ3) is 2.85. The van der Waals surface area contributed by atoms with Gasteiger partial charge in [-0.3, -0.25) is 4.90 Å². The quantitative estimate of drug-likeness (QED) is 0.807. The second-order valence-electron chi connectivity index (χ2n) is 5.76. The number of fused-ring (bicyclic) bond motifs is 1. The zero-order valence-corrected chi connectivity index (χ0v) is 12.8. The van der Waals surface area contributed by atoms with Crippen molar-refractivity contribution in [3.8, 4) is 11.4 Å². The van der Waals surface area contributed by atoms with E-state index in [4.69, 9.17) is 4.74 Å². The Morgan fingerprint density at radius 2 is 1.87 bits per heavy atom.